The second kappa shape index (κ2) is 6.46. The number of hydrogen-bond acceptors (Lipinski definition) is 2. The number of rotatable bonds is 3. The average Bonchev–Trinajstić information content (AvgIpc) is 2.40. The second-order valence-electron chi connectivity index (χ2n) is 4.12. The van der Waals surface area contributed by atoms with Crippen LogP contribution >= 0.6 is 23.2 Å². The summed E-state index contributed by atoms with van der Waals surface area (Å²) < 4.78 is 0. The Bertz CT molecular complexity index is 669. The first-order valence-corrected chi connectivity index (χ1v) is 6.60. The smallest absolute Gasteiger partial charge is 0.248 e. The van der Waals surface area contributed by atoms with Crippen molar-refractivity contribution in [2.75, 3.05) is 11.1 Å². The standard InChI is InChI=1S/C15H12Cl2N2O/c16-11-5-6-14(13(17)9-11)19-15(20)7-4-10-2-1-3-12(18)8-10/h1-9H,18H2,(H,19,20)/b7-4+. The van der Waals surface area contributed by atoms with Crippen molar-refractivity contribution >= 4 is 46.6 Å². The van der Waals surface area contributed by atoms with Gasteiger partial charge in [-0.05, 0) is 42.0 Å². The van der Waals surface area contributed by atoms with Gasteiger partial charge in [-0.3, -0.25) is 4.79 Å². The molecule has 102 valence electrons. The zero-order valence-electron chi connectivity index (χ0n) is 10.4. The van der Waals surface area contributed by atoms with E-state index in [4.69, 9.17) is 28.9 Å². The van der Waals surface area contributed by atoms with Crippen molar-refractivity contribution in [3.63, 3.8) is 0 Å². The van der Waals surface area contributed by atoms with Crippen LogP contribution in [0, 0.1) is 0 Å². The number of nitrogens with two attached hydrogens (primary N) is 1. The van der Waals surface area contributed by atoms with Crippen molar-refractivity contribution in [3.05, 3.63) is 64.1 Å². The molecular formula is C15H12Cl2N2O. The summed E-state index contributed by atoms with van der Waals surface area (Å²) in [5, 5.41) is 3.58. The van der Waals surface area contributed by atoms with Gasteiger partial charge in [0.05, 0.1) is 10.7 Å². The van der Waals surface area contributed by atoms with Crippen LogP contribution in [0.5, 0.6) is 0 Å². The molecule has 0 heterocycles. The van der Waals surface area contributed by atoms with Crippen LogP contribution in [0.3, 0.4) is 0 Å². The van der Waals surface area contributed by atoms with Gasteiger partial charge in [-0.1, -0.05) is 35.3 Å². The van der Waals surface area contributed by atoms with Gasteiger partial charge in [-0.25, -0.2) is 0 Å². The van der Waals surface area contributed by atoms with Crippen LogP contribution in [0.1, 0.15) is 5.56 Å². The zero-order valence-corrected chi connectivity index (χ0v) is 11.9. The van der Waals surface area contributed by atoms with Gasteiger partial charge in [0, 0.05) is 16.8 Å². The number of carbonyl (C=O) groups is 1. The normalized spacial score (nSPS) is 10.7. The molecule has 1 amide bonds. The Balaban J connectivity index is 2.05. The molecule has 3 N–H and O–H groups in total. The van der Waals surface area contributed by atoms with Gasteiger partial charge in [0.15, 0.2) is 0 Å². The maximum absolute atomic E-state index is 11.8. The van der Waals surface area contributed by atoms with Crippen LogP contribution in [-0.2, 0) is 4.79 Å². The van der Waals surface area contributed by atoms with Crippen LogP contribution < -0.4 is 11.1 Å². The SMILES string of the molecule is Nc1cccc(/C=C/C(=O)Nc2ccc(Cl)cc2Cl)c1. The molecule has 0 aromatic heterocycles. The lowest BCUT2D eigenvalue weighted by molar-refractivity contribution is -0.111. The van der Waals surface area contributed by atoms with E-state index >= 15 is 0 Å². The lowest BCUT2D eigenvalue weighted by atomic mass is 10.2. The molecule has 0 aliphatic carbocycles. The minimum atomic E-state index is -0.281. The first-order valence-electron chi connectivity index (χ1n) is 5.84. The number of hydrogen-bond donors (Lipinski definition) is 2. The minimum Gasteiger partial charge on any atom is -0.399 e. The highest BCUT2D eigenvalue weighted by Crippen LogP contribution is 2.25. The van der Waals surface area contributed by atoms with E-state index < -0.39 is 0 Å². The molecule has 0 radical (unpaired) electrons. The van der Waals surface area contributed by atoms with Crippen molar-refractivity contribution in [1.29, 1.82) is 0 Å². The maximum atomic E-state index is 11.8. The van der Waals surface area contributed by atoms with Crippen LogP contribution in [0.25, 0.3) is 6.08 Å². The van der Waals surface area contributed by atoms with E-state index in [0.717, 1.165) is 5.56 Å². The third-order valence-electron chi connectivity index (χ3n) is 2.53. The van der Waals surface area contributed by atoms with Crippen molar-refractivity contribution in [2.45, 2.75) is 0 Å². The molecule has 0 fully saturated rings. The summed E-state index contributed by atoms with van der Waals surface area (Å²) in [7, 11) is 0. The Labute approximate surface area is 127 Å². The predicted molar refractivity (Wildman–Crippen MR) is 85.0 cm³/mol. The molecule has 2 aromatic carbocycles. The first-order chi connectivity index (χ1) is 9.54. The van der Waals surface area contributed by atoms with Crippen LogP contribution in [-0.4, -0.2) is 5.91 Å². The summed E-state index contributed by atoms with van der Waals surface area (Å²) >= 11 is 11.8. The van der Waals surface area contributed by atoms with Gasteiger partial charge in [0.25, 0.3) is 0 Å². The highest BCUT2D eigenvalue weighted by Gasteiger charge is 2.03. The molecule has 5 heteroatoms. The number of nitrogen functional groups attached to an aromatic ring is 1. The fraction of sp³-hybridized carbons (Fsp3) is 0. The molecule has 0 saturated heterocycles. The average molecular weight is 307 g/mol. The molecule has 0 aliphatic rings. The van der Waals surface area contributed by atoms with Crippen molar-refractivity contribution < 1.29 is 4.79 Å². The number of amides is 1. The molecule has 2 rings (SSSR count). The molecular weight excluding hydrogens is 295 g/mol. The van der Waals surface area contributed by atoms with Gasteiger partial charge in [-0.15, -0.1) is 0 Å². The van der Waals surface area contributed by atoms with E-state index in [9.17, 15) is 4.79 Å². The number of anilines is 2. The lowest BCUT2D eigenvalue weighted by Gasteiger charge is -2.04. The Morgan fingerprint density at radius 3 is 2.65 bits per heavy atom. The quantitative estimate of drug-likeness (QED) is 0.658. The molecule has 20 heavy (non-hydrogen) atoms. The first kappa shape index (κ1) is 14.4. The topological polar surface area (TPSA) is 55.1 Å². The number of benzene rings is 2. The molecule has 0 atom stereocenters. The minimum absolute atomic E-state index is 0.281. The third kappa shape index (κ3) is 4.02. The monoisotopic (exact) mass is 306 g/mol. The van der Waals surface area contributed by atoms with E-state index in [1.807, 2.05) is 12.1 Å². The van der Waals surface area contributed by atoms with E-state index in [0.29, 0.717) is 21.4 Å². The van der Waals surface area contributed by atoms with Gasteiger partial charge in [-0.2, -0.15) is 0 Å². The van der Waals surface area contributed by atoms with Gasteiger partial charge in [0.2, 0.25) is 5.91 Å². The largest absolute Gasteiger partial charge is 0.399 e. The van der Waals surface area contributed by atoms with E-state index in [1.165, 1.54) is 6.08 Å². The highest BCUT2D eigenvalue weighted by molar-refractivity contribution is 6.36. The Morgan fingerprint density at radius 1 is 1.15 bits per heavy atom. The van der Waals surface area contributed by atoms with Crippen molar-refractivity contribution in [2.24, 2.45) is 0 Å². The van der Waals surface area contributed by atoms with E-state index in [2.05, 4.69) is 5.32 Å². The molecule has 0 bridgehead atoms. The number of carbonyl (C=O) groups excluding carboxylic acids is 1. The van der Waals surface area contributed by atoms with Crippen molar-refractivity contribution in [1.82, 2.24) is 0 Å². The second-order valence-corrected chi connectivity index (χ2v) is 4.96. The summed E-state index contributed by atoms with van der Waals surface area (Å²) in [6.07, 6.45) is 3.09. The molecule has 0 saturated carbocycles. The molecule has 0 unspecified atom stereocenters. The lowest BCUT2D eigenvalue weighted by Crippen LogP contribution is -2.08. The van der Waals surface area contributed by atoms with Crippen LogP contribution in [0.2, 0.25) is 10.0 Å². The predicted octanol–water partition coefficient (Wildman–Crippen LogP) is 4.23. The third-order valence-corrected chi connectivity index (χ3v) is 3.07. The summed E-state index contributed by atoms with van der Waals surface area (Å²) in [6.45, 7) is 0. The van der Waals surface area contributed by atoms with E-state index in [1.54, 1.807) is 36.4 Å². The van der Waals surface area contributed by atoms with Gasteiger partial charge in [0.1, 0.15) is 0 Å². The molecule has 0 aliphatic heterocycles. The summed E-state index contributed by atoms with van der Waals surface area (Å²) in [5.74, 6) is -0.281. The van der Waals surface area contributed by atoms with Crippen molar-refractivity contribution in [3.8, 4) is 0 Å². The maximum Gasteiger partial charge on any atom is 0.248 e. The number of nitrogens with one attached hydrogen (secondary N) is 1. The molecule has 3 nitrogen and oxygen atoms in total. The zero-order chi connectivity index (χ0) is 14.5. The fourth-order valence-corrected chi connectivity index (χ4v) is 2.06. The number of halogens is 2. The summed E-state index contributed by atoms with van der Waals surface area (Å²) in [5.41, 5.74) is 7.67. The fourth-order valence-electron chi connectivity index (χ4n) is 1.60. The Morgan fingerprint density at radius 2 is 1.95 bits per heavy atom. The van der Waals surface area contributed by atoms with Gasteiger partial charge >= 0.3 is 0 Å². The van der Waals surface area contributed by atoms with Crippen LogP contribution in [0.15, 0.2) is 48.5 Å². The molecule has 0 spiro atoms. The Kier molecular flexibility index (Phi) is 4.66. The summed E-state index contributed by atoms with van der Waals surface area (Å²) in [4.78, 5) is 11.8. The summed E-state index contributed by atoms with van der Waals surface area (Å²) in [6, 6.07) is 12.1. The van der Waals surface area contributed by atoms with Gasteiger partial charge < -0.3 is 11.1 Å². The van der Waals surface area contributed by atoms with Crippen LogP contribution in [0.4, 0.5) is 11.4 Å². The highest BCUT2D eigenvalue weighted by atomic mass is 35.5. The molecule has 2 aromatic rings. The Hall–Kier alpha value is -1.97. The van der Waals surface area contributed by atoms with E-state index in [-0.39, 0.29) is 5.91 Å².